The van der Waals surface area contributed by atoms with E-state index in [0.717, 1.165) is 43.9 Å². The quantitative estimate of drug-likeness (QED) is 0.734. The molecule has 130 valence electrons. The van der Waals surface area contributed by atoms with Crippen LogP contribution in [0.2, 0.25) is 0 Å². The number of morpholine rings is 1. The van der Waals surface area contributed by atoms with Gasteiger partial charge < -0.3 is 9.64 Å². The number of rotatable bonds is 4. The van der Waals surface area contributed by atoms with Crippen LogP contribution in [0.4, 0.5) is 5.69 Å². The Morgan fingerprint density at radius 1 is 1.28 bits per heavy atom. The van der Waals surface area contributed by atoms with Crippen LogP contribution < -0.4 is 4.90 Å². The number of anilines is 1. The van der Waals surface area contributed by atoms with Crippen LogP contribution in [0.5, 0.6) is 0 Å². The van der Waals surface area contributed by atoms with Crippen molar-refractivity contribution in [2.24, 2.45) is 0 Å². The lowest BCUT2D eigenvalue weighted by molar-refractivity contribution is 0.0275. The van der Waals surface area contributed by atoms with Crippen LogP contribution >= 0.6 is 0 Å². The van der Waals surface area contributed by atoms with E-state index in [9.17, 15) is 0 Å². The minimum atomic E-state index is 0.144. The molecule has 5 nitrogen and oxygen atoms in total. The maximum Gasteiger partial charge on any atom is 0.0946 e. The molecule has 25 heavy (non-hydrogen) atoms. The van der Waals surface area contributed by atoms with Crippen molar-refractivity contribution >= 4 is 16.6 Å². The molecule has 0 saturated carbocycles. The summed E-state index contributed by atoms with van der Waals surface area (Å²) in [6.07, 6.45) is 5.05. The fourth-order valence-electron chi connectivity index (χ4n) is 3.48. The zero-order valence-electron chi connectivity index (χ0n) is 14.9. The van der Waals surface area contributed by atoms with E-state index in [0.29, 0.717) is 0 Å². The van der Waals surface area contributed by atoms with Crippen molar-refractivity contribution in [1.29, 1.82) is 0 Å². The first-order chi connectivity index (χ1) is 12.2. The number of aromatic nitrogens is 3. The Balaban J connectivity index is 1.61. The number of pyridine rings is 1. The van der Waals surface area contributed by atoms with Gasteiger partial charge in [0.25, 0.3) is 0 Å². The van der Waals surface area contributed by atoms with E-state index in [1.165, 1.54) is 16.6 Å². The zero-order chi connectivity index (χ0) is 17.2. The van der Waals surface area contributed by atoms with Gasteiger partial charge in [-0.1, -0.05) is 25.1 Å². The summed E-state index contributed by atoms with van der Waals surface area (Å²) in [6.45, 7) is 7.52. The zero-order valence-corrected chi connectivity index (χ0v) is 14.9. The molecule has 0 N–H and O–H groups in total. The van der Waals surface area contributed by atoms with Crippen LogP contribution in [0, 0.1) is 6.92 Å². The molecule has 1 aromatic carbocycles. The highest BCUT2D eigenvalue weighted by molar-refractivity contribution is 5.92. The van der Waals surface area contributed by atoms with E-state index in [4.69, 9.17) is 9.72 Å². The number of para-hydroxylation sites is 1. The number of hydrogen-bond acceptors (Lipinski definition) is 4. The van der Waals surface area contributed by atoms with E-state index in [1.807, 2.05) is 10.9 Å². The molecule has 0 aliphatic carbocycles. The standard InChI is InChI=1S/C20H24N4O/c1-3-16-10-20(18-6-4-5-7-19(18)22-16)23-8-9-25-17(13-23)14-24-12-15(2)11-21-24/h4-7,10-12,17H,3,8-9,13-14H2,1-2H3. The maximum absolute atomic E-state index is 5.99. The number of ether oxygens (including phenoxy) is 1. The van der Waals surface area contributed by atoms with Gasteiger partial charge in [-0.2, -0.15) is 5.10 Å². The minimum Gasteiger partial charge on any atom is -0.373 e. The van der Waals surface area contributed by atoms with Crippen LogP contribution in [0.3, 0.4) is 0 Å². The number of fused-ring (bicyclic) bond motifs is 1. The number of benzene rings is 1. The highest BCUT2D eigenvalue weighted by Crippen LogP contribution is 2.28. The summed E-state index contributed by atoms with van der Waals surface area (Å²) in [7, 11) is 0. The van der Waals surface area contributed by atoms with Gasteiger partial charge in [0.1, 0.15) is 0 Å². The molecule has 1 aliphatic rings. The molecule has 1 fully saturated rings. The lowest BCUT2D eigenvalue weighted by Crippen LogP contribution is -2.44. The van der Waals surface area contributed by atoms with Gasteiger partial charge in [0.15, 0.2) is 0 Å². The Morgan fingerprint density at radius 3 is 2.96 bits per heavy atom. The molecule has 0 amide bonds. The van der Waals surface area contributed by atoms with Gasteiger partial charge in [-0.25, -0.2) is 0 Å². The third-order valence-corrected chi connectivity index (χ3v) is 4.74. The van der Waals surface area contributed by atoms with Crippen molar-refractivity contribution in [3.05, 3.63) is 54.0 Å². The molecular formula is C20H24N4O. The van der Waals surface area contributed by atoms with E-state index < -0.39 is 0 Å². The van der Waals surface area contributed by atoms with Gasteiger partial charge in [-0.05, 0) is 31.0 Å². The van der Waals surface area contributed by atoms with E-state index in [-0.39, 0.29) is 6.10 Å². The molecule has 1 saturated heterocycles. The van der Waals surface area contributed by atoms with E-state index in [2.05, 4.69) is 60.4 Å². The molecule has 1 unspecified atom stereocenters. The molecule has 5 heteroatoms. The summed E-state index contributed by atoms with van der Waals surface area (Å²) in [5.41, 5.74) is 4.66. The van der Waals surface area contributed by atoms with Gasteiger partial charge >= 0.3 is 0 Å². The van der Waals surface area contributed by atoms with Crippen LogP contribution in [0.15, 0.2) is 42.7 Å². The molecule has 2 aromatic heterocycles. The number of hydrogen-bond donors (Lipinski definition) is 0. The second-order valence-electron chi connectivity index (χ2n) is 6.68. The maximum atomic E-state index is 5.99. The summed E-state index contributed by atoms with van der Waals surface area (Å²) in [5, 5.41) is 5.61. The molecule has 1 aliphatic heterocycles. The molecule has 1 atom stereocenters. The first-order valence-corrected chi connectivity index (χ1v) is 8.97. The predicted molar refractivity (Wildman–Crippen MR) is 100 cm³/mol. The number of aryl methyl sites for hydroxylation is 2. The molecule has 0 radical (unpaired) electrons. The third kappa shape index (κ3) is 3.37. The second-order valence-corrected chi connectivity index (χ2v) is 6.68. The van der Waals surface area contributed by atoms with Gasteiger partial charge in [0.2, 0.25) is 0 Å². The lowest BCUT2D eigenvalue weighted by Gasteiger charge is -2.35. The average Bonchev–Trinajstić information content (AvgIpc) is 3.05. The largest absolute Gasteiger partial charge is 0.373 e. The molecule has 3 aromatic rings. The monoisotopic (exact) mass is 336 g/mol. The smallest absolute Gasteiger partial charge is 0.0946 e. The minimum absolute atomic E-state index is 0.144. The fourth-order valence-corrected chi connectivity index (χ4v) is 3.48. The molecular weight excluding hydrogens is 312 g/mol. The van der Waals surface area contributed by atoms with Crippen LogP contribution in [-0.2, 0) is 17.7 Å². The average molecular weight is 336 g/mol. The molecule has 3 heterocycles. The summed E-state index contributed by atoms with van der Waals surface area (Å²) in [4.78, 5) is 7.20. The fraction of sp³-hybridized carbons (Fsp3) is 0.400. The Labute approximate surface area is 148 Å². The second kappa shape index (κ2) is 6.84. The lowest BCUT2D eigenvalue weighted by atomic mass is 10.1. The van der Waals surface area contributed by atoms with Crippen molar-refractivity contribution in [2.45, 2.75) is 32.9 Å². The molecule has 0 bridgehead atoms. The van der Waals surface area contributed by atoms with E-state index >= 15 is 0 Å². The highest BCUT2D eigenvalue weighted by atomic mass is 16.5. The Morgan fingerprint density at radius 2 is 2.16 bits per heavy atom. The molecule has 4 rings (SSSR count). The predicted octanol–water partition coefficient (Wildman–Crippen LogP) is 3.21. The highest BCUT2D eigenvalue weighted by Gasteiger charge is 2.23. The van der Waals surface area contributed by atoms with Crippen LogP contribution in [0.25, 0.3) is 10.9 Å². The van der Waals surface area contributed by atoms with E-state index in [1.54, 1.807) is 0 Å². The summed E-state index contributed by atoms with van der Waals surface area (Å²) < 4.78 is 7.97. The van der Waals surface area contributed by atoms with Crippen LogP contribution in [0.1, 0.15) is 18.2 Å². The SMILES string of the molecule is CCc1cc(N2CCOC(Cn3cc(C)cn3)C2)c2ccccc2n1. The first kappa shape index (κ1) is 16.1. The Hall–Kier alpha value is -2.40. The molecule has 0 spiro atoms. The van der Waals surface area contributed by atoms with Crippen molar-refractivity contribution < 1.29 is 4.74 Å². The Bertz CT molecular complexity index is 873. The first-order valence-electron chi connectivity index (χ1n) is 8.97. The van der Waals surface area contributed by atoms with Crippen LogP contribution in [-0.4, -0.2) is 40.6 Å². The Kier molecular flexibility index (Phi) is 4.40. The topological polar surface area (TPSA) is 43.2 Å². The van der Waals surface area contributed by atoms with Gasteiger partial charge in [0, 0.05) is 36.1 Å². The van der Waals surface area contributed by atoms with Gasteiger partial charge in [0.05, 0.1) is 31.0 Å². The summed E-state index contributed by atoms with van der Waals surface area (Å²) in [6, 6.07) is 10.6. The summed E-state index contributed by atoms with van der Waals surface area (Å²) >= 11 is 0. The third-order valence-electron chi connectivity index (χ3n) is 4.74. The van der Waals surface area contributed by atoms with Crippen molar-refractivity contribution in [1.82, 2.24) is 14.8 Å². The van der Waals surface area contributed by atoms with Gasteiger partial charge in [-0.15, -0.1) is 0 Å². The summed E-state index contributed by atoms with van der Waals surface area (Å²) in [5.74, 6) is 0. The van der Waals surface area contributed by atoms with Gasteiger partial charge in [-0.3, -0.25) is 9.67 Å². The number of nitrogens with zero attached hydrogens (tertiary/aromatic N) is 4. The van der Waals surface area contributed by atoms with Crippen molar-refractivity contribution in [2.75, 3.05) is 24.6 Å². The normalized spacial score (nSPS) is 18.0. The van der Waals surface area contributed by atoms with Crippen molar-refractivity contribution in [3.8, 4) is 0 Å². The van der Waals surface area contributed by atoms with Crippen molar-refractivity contribution in [3.63, 3.8) is 0 Å².